The Labute approximate surface area is 132 Å². The highest BCUT2D eigenvalue weighted by Gasteiger charge is 2.44. The van der Waals surface area contributed by atoms with Gasteiger partial charge >= 0.3 is 6.18 Å². The van der Waals surface area contributed by atoms with Crippen LogP contribution in [0.5, 0.6) is 0 Å². The summed E-state index contributed by atoms with van der Waals surface area (Å²) >= 11 is 0. The maximum atomic E-state index is 12.5. The molecule has 1 saturated heterocycles. The van der Waals surface area contributed by atoms with Crippen LogP contribution in [0.4, 0.5) is 13.2 Å². The molecule has 0 bridgehead atoms. The minimum atomic E-state index is -4.38. The van der Waals surface area contributed by atoms with Gasteiger partial charge in [0.2, 0.25) is 5.91 Å². The number of fused-ring (bicyclic) bond motifs is 1. The lowest BCUT2D eigenvalue weighted by Crippen LogP contribution is -2.48. The SMILES string of the molecule is O=C1C(N2CCc3ccccc3C2CO)CCN1CC(F)(F)F. The quantitative estimate of drug-likeness (QED) is 0.919. The largest absolute Gasteiger partial charge is 0.406 e. The first-order chi connectivity index (χ1) is 10.9. The van der Waals surface area contributed by atoms with Gasteiger partial charge in [0, 0.05) is 13.1 Å². The molecule has 23 heavy (non-hydrogen) atoms. The summed E-state index contributed by atoms with van der Waals surface area (Å²) in [5.41, 5.74) is 2.09. The number of alkyl halides is 3. The average molecular weight is 328 g/mol. The first-order valence-corrected chi connectivity index (χ1v) is 7.70. The second-order valence-electron chi connectivity index (χ2n) is 6.06. The molecule has 126 valence electrons. The molecule has 2 aliphatic heterocycles. The van der Waals surface area contributed by atoms with Crippen molar-refractivity contribution in [3.8, 4) is 0 Å². The van der Waals surface area contributed by atoms with Crippen LogP contribution < -0.4 is 0 Å². The van der Waals surface area contributed by atoms with Gasteiger partial charge in [0.05, 0.1) is 18.7 Å². The molecular formula is C16H19F3N2O2. The van der Waals surface area contributed by atoms with Crippen molar-refractivity contribution in [3.05, 3.63) is 35.4 Å². The lowest BCUT2D eigenvalue weighted by Gasteiger charge is -2.39. The van der Waals surface area contributed by atoms with Gasteiger partial charge in [0.15, 0.2) is 0 Å². The smallest absolute Gasteiger partial charge is 0.394 e. The predicted octanol–water partition coefficient (Wildman–Crippen LogP) is 1.74. The molecule has 1 N–H and O–H groups in total. The highest BCUT2D eigenvalue weighted by molar-refractivity contribution is 5.84. The maximum Gasteiger partial charge on any atom is 0.406 e. The van der Waals surface area contributed by atoms with Gasteiger partial charge < -0.3 is 10.0 Å². The van der Waals surface area contributed by atoms with Crippen molar-refractivity contribution in [2.45, 2.75) is 31.1 Å². The van der Waals surface area contributed by atoms with E-state index in [4.69, 9.17) is 0 Å². The van der Waals surface area contributed by atoms with Crippen molar-refractivity contribution in [1.29, 1.82) is 0 Å². The topological polar surface area (TPSA) is 43.8 Å². The minimum Gasteiger partial charge on any atom is -0.394 e. The van der Waals surface area contributed by atoms with Crippen LogP contribution in [0, 0.1) is 0 Å². The van der Waals surface area contributed by atoms with E-state index < -0.39 is 24.7 Å². The monoisotopic (exact) mass is 328 g/mol. The molecule has 0 saturated carbocycles. The molecule has 0 spiro atoms. The van der Waals surface area contributed by atoms with Crippen molar-refractivity contribution in [2.75, 3.05) is 26.2 Å². The summed E-state index contributed by atoms with van der Waals surface area (Å²) in [6.07, 6.45) is -3.28. The summed E-state index contributed by atoms with van der Waals surface area (Å²) in [4.78, 5) is 15.1. The third-order valence-electron chi connectivity index (χ3n) is 4.67. The highest BCUT2D eigenvalue weighted by atomic mass is 19.4. The van der Waals surface area contributed by atoms with Crippen LogP contribution in [0.1, 0.15) is 23.6 Å². The van der Waals surface area contributed by atoms with Gasteiger partial charge in [-0.05, 0) is 24.0 Å². The Morgan fingerprint density at radius 1 is 1.22 bits per heavy atom. The molecule has 2 unspecified atom stereocenters. The van der Waals surface area contributed by atoms with E-state index in [1.807, 2.05) is 29.2 Å². The van der Waals surface area contributed by atoms with E-state index in [2.05, 4.69) is 0 Å². The van der Waals surface area contributed by atoms with E-state index in [9.17, 15) is 23.1 Å². The van der Waals surface area contributed by atoms with Gasteiger partial charge in [-0.25, -0.2) is 0 Å². The third-order valence-corrected chi connectivity index (χ3v) is 4.67. The summed E-state index contributed by atoms with van der Waals surface area (Å²) in [6.45, 7) is -0.672. The molecule has 1 aromatic rings. The number of aliphatic hydroxyl groups excluding tert-OH is 1. The second kappa shape index (κ2) is 6.13. The second-order valence-corrected chi connectivity index (χ2v) is 6.06. The molecule has 2 heterocycles. The third kappa shape index (κ3) is 3.21. The lowest BCUT2D eigenvalue weighted by atomic mass is 9.91. The van der Waals surface area contributed by atoms with Gasteiger partial charge in [-0.15, -0.1) is 0 Å². The van der Waals surface area contributed by atoms with Crippen LogP contribution in [0.2, 0.25) is 0 Å². The minimum absolute atomic E-state index is 0.110. The fourth-order valence-corrected chi connectivity index (χ4v) is 3.65. The number of carbonyl (C=O) groups excluding carboxylic acids is 1. The van der Waals surface area contributed by atoms with Crippen LogP contribution in [0.3, 0.4) is 0 Å². The number of carbonyl (C=O) groups is 1. The van der Waals surface area contributed by atoms with Crippen molar-refractivity contribution >= 4 is 5.91 Å². The number of nitrogens with zero attached hydrogens (tertiary/aromatic N) is 2. The summed E-state index contributed by atoms with van der Waals surface area (Å²) < 4.78 is 37.6. The predicted molar refractivity (Wildman–Crippen MR) is 77.7 cm³/mol. The molecule has 4 nitrogen and oxygen atoms in total. The lowest BCUT2D eigenvalue weighted by molar-refractivity contribution is -0.159. The van der Waals surface area contributed by atoms with Gasteiger partial charge in [-0.1, -0.05) is 24.3 Å². The van der Waals surface area contributed by atoms with Crippen LogP contribution >= 0.6 is 0 Å². The molecule has 0 aliphatic carbocycles. The van der Waals surface area contributed by atoms with Gasteiger partial charge in [0.25, 0.3) is 0 Å². The van der Waals surface area contributed by atoms with E-state index in [0.29, 0.717) is 13.0 Å². The number of hydrogen-bond acceptors (Lipinski definition) is 3. The average Bonchev–Trinajstić information content (AvgIpc) is 2.85. The Bertz CT molecular complexity index is 591. The van der Waals surface area contributed by atoms with Crippen LogP contribution in [0.25, 0.3) is 0 Å². The van der Waals surface area contributed by atoms with Crippen molar-refractivity contribution < 1.29 is 23.1 Å². The zero-order valence-electron chi connectivity index (χ0n) is 12.6. The summed E-state index contributed by atoms with van der Waals surface area (Å²) in [5, 5.41) is 9.76. The van der Waals surface area contributed by atoms with E-state index in [1.54, 1.807) is 0 Å². The first-order valence-electron chi connectivity index (χ1n) is 7.70. The Hall–Kier alpha value is -1.60. The van der Waals surface area contributed by atoms with Crippen LogP contribution in [-0.2, 0) is 11.2 Å². The van der Waals surface area contributed by atoms with Crippen LogP contribution in [-0.4, -0.2) is 59.3 Å². The fraction of sp³-hybridized carbons (Fsp3) is 0.562. The molecule has 3 rings (SSSR count). The fourth-order valence-electron chi connectivity index (χ4n) is 3.65. The normalized spacial score (nSPS) is 25.7. The molecule has 2 atom stereocenters. The Kier molecular flexibility index (Phi) is 4.33. The first kappa shape index (κ1) is 16.3. The Morgan fingerprint density at radius 2 is 1.96 bits per heavy atom. The van der Waals surface area contributed by atoms with Gasteiger partial charge in [-0.3, -0.25) is 9.69 Å². The number of halogens is 3. The van der Waals surface area contributed by atoms with Crippen LogP contribution in [0.15, 0.2) is 24.3 Å². The highest BCUT2D eigenvalue weighted by Crippen LogP contribution is 2.34. The molecule has 1 amide bonds. The molecule has 2 aliphatic rings. The molecule has 0 aromatic heterocycles. The Balaban J connectivity index is 1.79. The molecule has 1 fully saturated rings. The van der Waals surface area contributed by atoms with Crippen molar-refractivity contribution in [3.63, 3.8) is 0 Å². The van der Waals surface area contributed by atoms with E-state index >= 15 is 0 Å². The van der Waals surface area contributed by atoms with E-state index in [1.165, 1.54) is 0 Å². The number of rotatable bonds is 3. The van der Waals surface area contributed by atoms with E-state index in [-0.39, 0.29) is 19.2 Å². The number of amides is 1. The summed E-state index contributed by atoms with van der Waals surface area (Å²) in [6, 6.07) is 6.78. The number of hydrogen-bond donors (Lipinski definition) is 1. The van der Waals surface area contributed by atoms with Crippen molar-refractivity contribution in [1.82, 2.24) is 9.80 Å². The Morgan fingerprint density at radius 3 is 2.65 bits per heavy atom. The summed E-state index contributed by atoms with van der Waals surface area (Å²) in [7, 11) is 0. The number of aliphatic hydroxyl groups is 1. The summed E-state index contributed by atoms with van der Waals surface area (Å²) in [5.74, 6) is -0.486. The van der Waals surface area contributed by atoms with Crippen molar-refractivity contribution in [2.24, 2.45) is 0 Å². The number of benzene rings is 1. The van der Waals surface area contributed by atoms with E-state index in [0.717, 1.165) is 22.4 Å². The molecule has 0 radical (unpaired) electrons. The molecule has 1 aromatic carbocycles. The molecule has 7 heteroatoms. The zero-order valence-corrected chi connectivity index (χ0v) is 12.6. The number of likely N-dealkylation sites (tertiary alicyclic amines) is 1. The standard InChI is InChI=1S/C16H19F3N2O2/c17-16(18,19)10-20-7-6-13(15(20)23)21-8-5-11-3-1-2-4-12(11)14(21)9-22/h1-4,13-14,22H,5-10H2. The molecular weight excluding hydrogens is 309 g/mol. The zero-order chi connectivity index (χ0) is 16.6. The van der Waals surface area contributed by atoms with Gasteiger partial charge in [0.1, 0.15) is 6.54 Å². The van der Waals surface area contributed by atoms with Gasteiger partial charge in [-0.2, -0.15) is 13.2 Å². The maximum absolute atomic E-state index is 12.5.